The van der Waals surface area contributed by atoms with Gasteiger partial charge in [0.25, 0.3) is 5.69 Å². The van der Waals surface area contributed by atoms with Gasteiger partial charge in [0.05, 0.1) is 10.6 Å². The van der Waals surface area contributed by atoms with E-state index in [1.54, 1.807) is 42.5 Å². The molecule has 0 saturated carbocycles. The van der Waals surface area contributed by atoms with Crippen LogP contribution in [0.1, 0.15) is 15.9 Å². The number of benzene rings is 2. The summed E-state index contributed by atoms with van der Waals surface area (Å²) in [6, 6.07) is 12.8. The number of carbonyl (C=O) groups is 1. The van der Waals surface area contributed by atoms with Crippen LogP contribution < -0.4 is 0 Å². The van der Waals surface area contributed by atoms with E-state index in [1.165, 1.54) is 29.2 Å². The molecule has 8 nitrogen and oxygen atoms in total. The summed E-state index contributed by atoms with van der Waals surface area (Å²) in [6.45, 7) is 0. The van der Waals surface area contributed by atoms with Crippen molar-refractivity contribution in [3.05, 3.63) is 82.2 Å². The zero-order chi connectivity index (χ0) is 16.9. The highest BCUT2D eigenvalue weighted by atomic mass is 16.6. The average Bonchev–Trinajstić information content (AvgIpc) is 3.15. The number of rotatable bonds is 5. The Bertz CT molecular complexity index is 902. The van der Waals surface area contributed by atoms with Gasteiger partial charge in [-0.25, -0.2) is 4.68 Å². The van der Waals surface area contributed by atoms with Gasteiger partial charge >= 0.3 is 0 Å². The highest BCUT2D eigenvalue weighted by Crippen LogP contribution is 2.14. The van der Waals surface area contributed by atoms with E-state index < -0.39 is 4.92 Å². The zero-order valence-corrected chi connectivity index (χ0v) is 12.3. The third kappa shape index (κ3) is 3.38. The number of nitro benzene ring substituents is 1. The van der Waals surface area contributed by atoms with E-state index in [4.69, 9.17) is 0 Å². The van der Waals surface area contributed by atoms with Crippen LogP contribution in [0.25, 0.3) is 11.8 Å². The summed E-state index contributed by atoms with van der Waals surface area (Å²) in [5, 5.41) is 21.5. The van der Waals surface area contributed by atoms with Crippen LogP contribution in [0, 0.1) is 10.1 Å². The summed E-state index contributed by atoms with van der Waals surface area (Å²) >= 11 is 0. The van der Waals surface area contributed by atoms with Crippen molar-refractivity contribution in [2.75, 3.05) is 0 Å². The van der Waals surface area contributed by atoms with Crippen LogP contribution in [0.2, 0.25) is 0 Å². The lowest BCUT2D eigenvalue weighted by Gasteiger charge is -2.01. The Morgan fingerprint density at radius 1 is 1.17 bits per heavy atom. The maximum absolute atomic E-state index is 12.3. The number of tetrazole rings is 1. The summed E-state index contributed by atoms with van der Waals surface area (Å²) in [4.78, 5) is 22.4. The number of non-ortho nitro benzene ring substituents is 1. The van der Waals surface area contributed by atoms with E-state index in [1.807, 2.05) is 0 Å². The second kappa shape index (κ2) is 6.61. The number of nitrogens with zero attached hydrogens (tertiary/aromatic N) is 5. The molecule has 0 aliphatic heterocycles. The van der Waals surface area contributed by atoms with Crippen LogP contribution in [0.5, 0.6) is 0 Å². The normalized spacial score (nSPS) is 10.8. The van der Waals surface area contributed by atoms with Crippen LogP contribution in [0.3, 0.4) is 0 Å². The van der Waals surface area contributed by atoms with Crippen LogP contribution in [0.4, 0.5) is 5.69 Å². The molecule has 2 aromatic carbocycles. The van der Waals surface area contributed by atoms with Crippen LogP contribution in [-0.4, -0.2) is 30.9 Å². The van der Waals surface area contributed by atoms with Crippen molar-refractivity contribution in [2.24, 2.45) is 0 Å². The molecule has 8 heteroatoms. The van der Waals surface area contributed by atoms with Crippen molar-refractivity contribution in [1.82, 2.24) is 20.2 Å². The van der Waals surface area contributed by atoms with Crippen LogP contribution in [0.15, 0.2) is 60.9 Å². The lowest BCUT2D eigenvalue weighted by Crippen LogP contribution is -1.99. The molecule has 0 amide bonds. The summed E-state index contributed by atoms with van der Waals surface area (Å²) in [7, 11) is 0. The molecule has 3 rings (SSSR count). The monoisotopic (exact) mass is 321 g/mol. The zero-order valence-electron chi connectivity index (χ0n) is 12.3. The van der Waals surface area contributed by atoms with Crippen molar-refractivity contribution >= 4 is 17.5 Å². The molecule has 0 spiro atoms. The first-order chi connectivity index (χ1) is 11.6. The molecule has 24 heavy (non-hydrogen) atoms. The molecule has 0 radical (unpaired) electrons. The fraction of sp³-hybridized carbons (Fsp3) is 0. The number of hydrogen-bond acceptors (Lipinski definition) is 6. The van der Waals surface area contributed by atoms with Gasteiger partial charge in [0.15, 0.2) is 5.78 Å². The molecule has 1 heterocycles. The molecule has 0 aliphatic carbocycles. The maximum atomic E-state index is 12.3. The predicted octanol–water partition coefficient (Wildman–Crippen LogP) is 2.47. The lowest BCUT2D eigenvalue weighted by molar-refractivity contribution is -0.384. The molecular weight excluding hydrogens is 310 g/mol. The topological polar surface area (TPSA) is 104 Å². The minimum absolute atomic E-state index is 0.00705. The summed E-state index contributed by atoms with van der Waals surface area (Å²) in [5.41, 5.74) is 1.87. The number of aromatic nitrogens is 4. The van der Waals surface area contributed by atoms with E-state index in [9.17, 15) is 14.9 Å². The minimum Gasteiger partial charge on any atom is -0.289 e. The van der Waals surface area contributed by atoms with Crippen LogP contribution in [-0.2, 0) is 0 Å². The van der Waals surface area contributed by atoms with Gasteiger partial charge in [-0.2, -0.15) is 0 Å². The van der Waals surface area contributed by atoms with Crippen molar-refractivity contribution in [1.29, 1.82) is 0 Å². The first kappa shape index (κ1) is 15.2. The van der Waals surface area contributed by atoms with E-state index in [-0.39, 0.29) is 11.5 Å². The quantitative estimate of drug-likeness (QED) is 0.309. The highest BCUT2D eigenvalue weighted by molar-refractivity contribution is 6.07. The third-order valence-electron chi connectivity index (χ3n) is 3.28. The fourth-order valence-corrected chi connectivity index (χ4v) is 2.06. The molecule has 0 N–H and O–H groups in total. The van der Waals surface area contributed by atoms with Gasteiger partial charge in [0, 0.05) is 17.7 Å². The average molecular weight is 321 g/mol. The van der Waals surface area contributed by atoms with Crippen molar-refractivity contribution in [2.45, 2.75) is 0 Å². The molecule has 0 unspecified atom stereocenters. The van der Waals surface area contributed by atoms with Gasteiger partial charge in [-0.3, -0.25) is 14.9 Å². The van der Waals surface area contributed by atoms with E-state index >= 15 is 0 Å². The number of hydrogen-bond donors (Lipinski definition) is 0. The third-order valence-corrected chi connectivity index (χ3v) is 3.28. The second-order valence-electron chi connectivity index (χ2n) is 4.85. The van der Waals surface area contributed by atoms with Gasteiger partial charge in [0.2, 0.25) is 0 Å². The smallest absolute Gasteiger partial charge is 0.269 e. The molecule has 118 valence electrons. The van der Waals surface area contributed by atoms with Crippen molar-refractivity contribution in [3.63, 3.8) is 0 Å². The Kier molecular flexibility index (Phi) is 4.19. The molecule has 0 fully saturated rings. The standard InChI is InChI=1S/C16H11N5O3/c22-16(9-6-12-4-7-14(8-5-12)21(23)24)13-2-1-3-15(10-13)20-11-17-18-19-20/h1-11H/b9-6+. The molecule has 1 aromatic heterocycles. The Hall–Kier alpha value is -3.68. The maximum Gasteiger partial charge on any atom is 0.269 e. The second-order valence-corrected chi connectivity index (χ2v) is 4.85. The largest absolute Gasteiger partial charge is 0.289 e. The Morgan fingerprint density at radius 2 is 1.96 bits per heavy atom. The lowest BCUT2D eigenvalue weighted by atomic mass is 10.1. The van der Waals surface area contributed by atoms with E-state index in [0.29, 0.717) is 16.8 Å². The van der Waals surface area contributed by atoms with Gasteiger partial charge in [-0.1, -0.05) is 18.2 Å². The Labute approximate surface area is 136 Å². The number of nitro groups is 1. The Balaban J connectivity index is 1.77. The molecular formula is C16H11N5O3. The molecule has 0 atom stereocenters. The SMILES string of the molecule is O=C(/C=C/c1ccc([N+](=O)[O-])cc1)c1cccc(-n2cnnn2)c1. The van der Waals surface area contributed by atoms with E-state index in [2.05, 4.69) is 15.5 Å². The Morgan fingerprint density at radius 3 is 2.62 bits per heavy atom. The number of carbonyl (C=O) groups excluding carboxylic acids is 1. The molecule has 0 saturated heterocycles. The van der Waals surface area contributed by atoms with Crippen molar-refractivity contribution < 1.29 is 9.72 Å². The highest BCUT2D eigenvalue weighted by Gasteiger charge is 2.06. The number of allylic oxidation sites excluding steroid dienone is 1. The van der Waals surface area contributed by atoms with Crippen molar-refractivity contribution in [3.8, 4) is 5.69 Å². The first-order valence-electron chi connectivity index (χ1n) is 6.94. The summed E-state index contributed by atoms with van der Waals surface area (Å²) in [6.07, 6.45) is 4.46. The first-order valence-corrected chi connectivity index (χ1v) is 6.94. The van der Waals surface area contributed by atoms with Gasteiger partial charge in [-0.05, 0) is 46.3 Å². The van der Waals surface area contributed by atoms with Crippen LogP contribution >= 0.6 is 0 Å². The van der Waals surface area contributed by atoms with Gasteiger partial charge in [0.1, 0.15) is 6.33 Å². The predicted molar refractivity (Wildman–Crippen MR) is 85.6 cm³/mol. The molecule has 0 aliphatic rings. The summed E-state index contributed by atoms with van der Waals surface area (Å²) < 4.78 is 1.46. The van der Waals surface area contributed by atoms with Gasteiger partial charge in [-0.15, -0.1) is 5.10 Å². The molecule has 0 bridgehead atoms. The summed E-state index contributed by atoms with van der Waals surface area (Å²) in [5.74, 6) is -0.191. The fourth-order valence-electron chi connectivity index (χ4n) is 2.06. The minimum atomic E-state index is -0.469. The number of ketones is 1. The van der Waals surface area contributed by atoms with E-state index in [0.717, 1.165) is 0 Å². The van der Waals surface area contributed by atoms with Gasteiger partial charge < -0.3 is 0 Å². The molecule has 3 aromatic rings.